The molecule has 0 spiro atoms. The lowest BCUT2D eigenvalue weighted by Crippen LogP contribution is -2.58. The molecular weight excluding hydrogens is 312 g/mol. The largest absolute Gasteiger partial charge is 0.390 e. The van der Waals surface area contributed by atoms with Crippen LogP contribution >= 0.6 is 0 Å². The Morgan fingerprint density at radius 1 is 1.04 bits per heavy atom. The van der Waals surface area contributed by atoms with E-state index in [1.807, 2.05) is 13.8 Å². The summed E-state index contributed by atoms with van der Waals surface area (Å²) in [7, 11) is 0. The second-order valence-electron chi connectivity index (χ2n) is 10.8. The van der Waals surface area contributed by atoms with Crippen molar-refractivity contribution in [2.45, 2.75) is 83.8 Å². The predicted molar refractivity (Wildman–Crippen MR) is 96.0 cm³/mol. The summed E-state index contributed by atoms with van der Waals surface area (Å²) < 4.78 is 6.38. The third-order valence-electron chi connectivity index (χ3n) is 9.71. The molecule has 1 saturated heterocycles. The zero-order chi connectivity index (χ0) is 17.6. The van der Waals surface area contributed by atoms with Gasteiger partial charge in [-0.05, 0) is 94.3 Å². The zero-order valence-corrected chi connectivity index (χ0v) is 16.1. The van der Waals surface area contributed by atoms with Crippen LogP contribution in [0, 0.1) is 40.4 Å². The van der Waals surface area contributed by atoms with Crippen molar-refractivity contribution < 1.29 is 14.6 Å². The normalized spacial score (nSPS) is 59.8. The van der Waals surface area contributed by atoms with Gasteiger partial charge in [0.2, 0.25) is 0 Å². The molecule has 4 saturated carbocycles. The average Bonchev–Trinajstić information content (AvgIpc) is 3.01. The highest BCUT2D eigenvalue weighted by Gasteiger charge is 2.67. The van der Waals surface area contributed by atoms with Crippen LogP contribution in [0.15, 0.2) is 0 Å². The van der Waals surface area contributed by atoms with E-state index in [1.165, 1.54) is 25.7 Å². The SMILES string of the molecule is CC(=O)[C@H]1CC[C@H]2[C@@H]3C[C@H]4OC[C@@]5(CC[C@@](C)(O)CC45)C3CC[C@]12C. The minimum atomic E-state index is -0.497. The smallest absolute Gasteiger partial charge is 0.133 e. The summed E-state index contributed by atoms with van der Waals surface area (Å²) in [5.74, 6) is 3.49. The fraction of sp³-hybridized carbons (Fsp3) is 0.955. The molecule has 0 aromatic heterocycles. The second kappa shape index (κ2) is 5.10. The van der Waals surface area contributed by atoms with Gasteiger partial charge in [-0.3, -0.25) is 4.79 Å². The Balaban J connectivity index is 1.48. The molecule has 1 N–H and O–H groups in total. The van der Waals surface area contributed by atoms with Gasteiger partial charge in [-0.25, -0.2) is 0 Å². The lowest BCUT2D eigenvalue weighted by Gasteiger charge is -2.60. The molecule has 0 aromatic carbocycles. The zero-order valence-electron chi connectivity index (χ0n) is 16.1. The van der Waals surface area contributed by atoms with Gasteiger partial charge < -0.3 is 9.84 Å². The quantitative estimate of drug-likeness (QED) is 0.781. The van der Waals surface area contributed by atoms with Crippen LogP contribution in [0.2, 0.25) is 0 Å². The van der Waals surface area contributed by atoms with Gasteiger partial charge in [-0.1, -0.05) is 6.92 Å². The minimum absolute atomic E-state index is 0.232. The van der Waals surface area contributed by atoms with Gasteiger partial charge >= 0.3 is 0 Å². The maximum atomic E-state index is 12.3. The Kier molecular flexibility index (Phi) is 3.41. The molecule has 140 valence electrons. The van der Waals surface area contributed by atoms with E-state index in [2.05, 4.69) is 6.92 Å². The molecule has 5 fully saturated rings. The van der Waals surface area contributed by atoms with Gasteiger partial charge in [-0.15, -0.1) is 0 Å². The van der Waals surface area contributed by atoms with Crippen molar-refractivity contribution >= 4 is 5.78 Å². The summed E-state index contributed by atoms with van der Waals surface area (Å²) in [6, 6.07) is 0. The van der Waals surface area contributed by atoms with Crippen LogP contribution in [0.1, 0.15) is 72.1 Å². The molecule has 2 unspecified atom stereocenters. The number of hydrogen-bond donors (Lipinski definition) is 1. The van der Waals surface area contributed by atoms with Crippen molar-refractivity contribution in [1.82, 2.24) is 0 Å². The summed E-state index contributed by atoms with van der Waals surface area (Å²) in [6.07, 6.45) is 9.38. The molecule has 4 aliphatic carbocycles. The number of hydrogen-bond acceptors (Lipinski definition) is 3. The first-order valence-electron chi connectivity index (χ1n) is 10.6. The van der Waals surface area contributed by atoms with Crippen LogP contribution in [0.5, 0.6) is 0 Å². The molecule has 25 heavy (non-hydrogen) atoms. The van der Waals surface area contributed by atoms with Crippen molar-refractivity contribution in [3.05, 3.63) is 0 Å². The number of aliphatic hydroxyl groups is 1. The maximum Gasteiger partial charge on any atom is 0.133 e. The summed E-state index contributed by atoms with van der Waals surface area (Å²) in [6.45, 7) is 7.19. The Morgan fingerprint density at radius 3 is 2.60 bits per heavy atom. The minimum Gasteiger partial charge on any atom is -0.390 e. The van der Waals surface area contributed by atoms with E-state index in [4.69, 9.17) is 4.74 Å². The molecule has 3 heteroatoms. The molecule has 0 radical (unpaired) electrons. The lowest BCUT2D eigenvalue weighted by atomic mass is 9.44. The molecule has 3 nitrogen and oxygen atoms in total. The standard InChI is InChI=1S/C22H34O3/c1-13(23)15-4-5-16-14-10-19-18-11-20(2,24)8-9-22(18,12-25-19)17(14)6-7-21(15,16)3/h14-19,24H,4-12H2,1-3H3/t14-,15+,16-,17?,18?,19+,20+,21+,22-/m0/s1. The number of Topliss-reactive ketones (excluding diaryl/α,β-unsaturated/α-hetero) is 1. The number of ether oxygens (including phenoxy) is 1. The first-order valence-corrected chi connectivity index (χ1v) is 10.6. The number of carbonyl (C=O) groups excluding carboxylic acids is 1. The molecule has 5 aliphatic rings. The molecule has 9 atom stereocenters. The molecule has 1 heterocycles. The second-order valence-corrected chi connectivity index (χ2v) is 10.8. The van der Waals surface area contributed by atoms with Gasteiger partial charge in [0, 0.05) is 11.3 Å². The fourth-order valence-corrected chi connectivity index (χ4v) is 8.59. The van der Waals surface area contributed by atoms with Crippen molar-refractivity contribution in [3.63, 3.8) is 0 Å². The molecular formula is C22H34O3. The van der Waals surface area contributed by atoms with E-state index >= 15 is 0 Å². The van der Waals surface area contributed by atoms with Crippen LogP contribution in [0.4, 0.5) is 0 Å². The maximum absolute atomic E-state index is 12.3. The number of rotatable bonds is 1. The molecule has 5 rings (SSSR count). The van der Waals surface area contributed by atoms with Crippen LogP contribution < -0.4 is 0 Å². The van der Waals surface area contributed by atoms with Gasteiger partial charge in [0.1, 0.15) is 5.78 Å². The van der Waals surface area contributed by atoms with Gasteiger partial charge in [0.25, 0.3) is 0 Å². The van der Waals surface area contributed by atoms with Gasteiger partial charge in [0.15, 0.2) is 0 Å². The van der Waals surface area contributed by atoms with E-state index < -0.39 is 5.60 Å². The lowest BCUT2D eigenvalue weighted by molar-refractivity contribution is -0.143. The first kappa shape index (κ1) is 16.7. The van der Waals surface area contributed by atoms with Crippen molar-refractivity contribution in [2.24, 2.45) is 40.4 Å². The van der Waals surface area contributed by atoms with Gasteiger partial charge in [-0.2, -0.15) is 0 Å². The summed E-state index contributed by atoms with van der Waals surface area (Å²) >= 11 is 0. The summed E-state index contributed by atoms with van der Waals surface area (Å²) in [5.41, 5.74) is 0.0603. The highest BCUT2D eigenvalue weighted by molar-refractivity contribution is 5.79. The van der Waals surface area contributed by atoms with Crippen LogP contribution in [-0.2, 0) is 9.53 Å². The van der Waals surface area contributed by atoms with Crippen LogP contribution in [0.3, 0.4) is 0 Å². The Hall–Kier alpha value is -0.410. The number of fused-ring (bicyclic) bond motifs is 3. The van der Waals surface area contributed by atoms with Crippen LogP contribution in [-0.4, -0.2) is 29.2 Å². The fourth-order valence-electron chi connectivity index (χ4n) is 8.59. The number of ketones is 1. The van der Waals surface area contributed by atoms with Gasteiger partial charge in [0.05, 0.1) is 18.3 Å². The summed E-state index contributed by atoms with van der Waals surface area (Å²) in [4.78, 5) is 12.3. The highest BCUT2D eigenvalue weighted by Crippen LogP contribution is 2.70. The molecule has 0 aromatic rings. The predicted octanol–water partition coefficient (Wildman–Crippen LogP) is 3.97. The Morgan fingerprint density at radius 2 is 1.84 bits per heavy atom. The summed E-state index contributed by atoms with van der Waals surface area (Å²) in [5, 5.41) is 10.7. The van der Waals surface area contributed by atoms with E-state index in [0.717, 1.165) is 44.1 Å². The van der Waals surface area contributed by atoms with E-state index in [9.17, 15) is 9.90 Å². The van der Waals surface area contributed by atoms with Crippen molar-refractivity contribution in [1.29, 1.82) is 0 Å². The topological polar surface area (TPSA) is 46.5 Å². The van der Waals surface area contributed by atoms with E-state index in [0.29, 0.717) is 35.1 Å². The third-order valence-corrected chi connectivity index (χ3v) is 9.71. The third kappa shape index (κ3) is 2.09. The highest BCUT2D eigenvalue weighted by atomic mass is 16.5. The molecule has 1 aliphatic heterocycles. The average molecular weight is 347 g/mol. The molecule has 0 amide bonds. The first-order chi connectivity index (χ1) is 11.8. The van der Waals surface area contributed by atoms with Crippen LogP contribution in [0.25, 0.3) is 0 Å². The monoisotopic (exact) mass is 346 g/mol. The molecule has 2 bridgehead atoms. The van der Waals surface area contributed by atoms with E-state index in [-0.39, 0.29) is 5.41 Å². The van der Waals surface area contributed by atoms with Crippen molar-refractivity contribution in [2.75, 3.05) is 6.61 Å². The Bertz CT molecular complexity index is 598. The van der Waals surface area contributed by atoms with E-state index in [1.54, 1.807) is 0 Å². The Labute approximate surface area is 151 Å². The van der Waals surface area contributed by atoms with Crippen molar-refractivity contribution in [3.8, 4) is 0 Å². The number of carbonyl (C=O) groups is 1.